The van der Waals surface area contributed by atoms with E-state index < -0.39 is 0 Å². The molecule has 0 heterocycles. The molecule has 0 bridgehead atoms. The largest absolute Gasteiger partial charge is 0.0619 e. The van der Waals surface area contributed by atoms with Crippen LogP contribution in [0.15, 0.2) is 84.9 Å². The second-order valence-corrected chi connectivity index (χ2v) is 6.80. The third kappa shape index (κ3) is 3.08. The Morgan fingerprint density at radius 2 is 1.28 bits per heavy atom. The maximum Gasteiger partial charge on any atom is -0.00196 e. The second kappa shape index (κ2) is 6.57. The average Bonchev–Trinajstić information content (AvgIpc) is 2.64. The van der Waals surface area contributed by atoms with Crippen LogP contribution in [0.3, 0.4) is 0 Å². The molecule has 0 nitrogen and oxygen atoms in total. The maximum atomic E-state index is 2.26. The quantitative estimate of drug-likeness (QED) is 0.393. The first-order chi connectivity index (χ1) is 12.2. The fourth-order valence-electron chi connectivity index (χ4n) is 3.62. The molecule has 0 saturated heterocycles. The summed E-state index contributed by atoms with van der Waals surface area (Å²) in [7, 11) is 0. The summed E-state index contributed by atoms with van der Waals surface area (Å²) in [6, 6.07) is 30.8. The van der Waals surface area contributed by atoms with Gasteiger partial charge in [-0.1, -0.05) is 90.5 Å². The van der Waals surface area contributed by atoms with Crippen molar-refractivity contribution < 1.29 is 0 Å². The van der Waals surface area contributed by atoms with Crippen molar-refractivity contribution in [3.8, 4) is 11.1 Å². The highest BCUT2D eigenvalue weighted by molar-refractivity contribution is 5.99. The van der Waals surface area contributed by atoms with Gasteiger partial charge >= 0.3 is 0 Å². The van der Waals surface area contributed by atoms with Gasteiger partial charge in [-0.3, -0.25) is 0 Å². The van der Waals surface area contributed by atoms with Gasteiger partial charge in [0.1, 0.15) is 0 Å². The Morgan fingerprint density at radius 1 is 0.600 bits per heavy atom. The van der Waals surface area contributed by atoms with Crippen LogP contribution in [-0.2, 0) is 6.42 Å². The van der Waals surface area contributed by atoms with E-state index in [4.69, 9.17) is 0 Å². The molecule has 4 aromatic rings. The van der Waals surface area contributed by atoms with Gasteiger partial charge in [0, 0.05) is 0 Å². The number of hydrogen-bond acceptors (Lipinski definition) is 0. The van der Waals surface area contributed by atoms with E-state index in [0.29, 0.717) is 0 Å². The third-order valence-corrected chi connectivity index (χ3v) is 4.94. The van der Waals surface area contributed by atoms with Crippen molar-refractivity contribution >= 4 is 10.8 Å². The van der Waals surface area contributed by atoms with E-state index in [2.05, 4.69) is 98.8 Å². The molecular weight excluding hydrogens is 300 g/mol. The van der Waals surface area contributed by atoms with Crippen LogP contribution in [0, 0.1) is 13.8 Å². The molecule has 0 aromatic heterocycles. The summed E-state index contributed by atoms with van der Waals surface area (Å²) in [5.41, 5.74) is 8.04. The second-order valence-electron chi connectivity index (χ2n) is 6.80. The van der Waals surface area contributed by atoms with Crippen LogP contribution >= 0.6 is 0 Å². The predicted molar refractivity (Wildman–Crippen MR) is 108 cm³/mol. The highest BCUT2D eigenvalue weighted by Crippen LogP contribution is 2.33. The van der Waals surface area contributed by atoms with Gasteiger partial charge in [0.2, 0.25) is 0 Å². The van der Waals surface area contributed by atoms with Crippen LogP contribution in [0.1, 0.15) is 22.3 Å². The van der Waals surface area contributed by atoms with E-state index >= 15 is 0 Å². The normalized spacial score (nSPS) is 11.0. The van der Waals surface area contributed by atoms with Crippen LogP contribution in [0.25, 0.3) is 21.9 Å². The molecule has 25 heavy (non-hydrogen) atoms. The van der Waals surface area contributed by atoms with E-state index in [1.54, 1.807) is 0 Å². The van der Waals surface area contributed by atoms with Gasteiger partial charge in [0.15, 0.2) is 0 Å². The van der Waals surface area contributed by atoms with Crippen molar-refractivity contribution in [2.75, 3.05) is 0 Å². The fraction of sp³-hybridized carbons (Fsp3) is 0.120. The number of hydrogen-bond donors (Lipinski definition) is 0. The molecule has 0 aliphatic heterocycles. The van der Waals surface area contributed by atoms with E-state index in [1.165, 1.54) is 44.2 Å². The number of rotatable bonds is 3. The Kier molecular flexibility index (Phi) is 4.11. The number of fused-ring (bicyclic) bond motifs is 1. The molecular formula is C25H22. The lowest BCUT2D eigenvalue weighted by Gasteiger charge is -2.14. The predicted octanol–water partition coefficient (Wildman–Crippen LogP) is 6.71. The van der Waals surface area contributed by atoms with Crippen LogP contribution in [0.4, 0.5) is 0 Å². The Hall–Kier alpha value is -2.86. The van der Waals surface area contributed by atoms with E-state index in [0.717, 1.165) is 6.42 Å². The summed E-state index contributed by atoms with van der Waals surface area (Å²) >= 11 is 0. The summed E-state index contributed by atoms with van der Waals surface area (Å²) in [6.45, 7) is 4.34. The lowest BCUT2D eigenvalue weighted by atomic mass is 9.90. The topological polar surface area (TPSA) is 0 Å². The van der Waals surface area contributed by atoms with E-state index in [-0.39, 0.29) is 0 Å². The Morgan fingerprint density at radius 3 is 2.08 bits per heavy atom. The van der Waals surface area contributed by atoms with Gasteiger partial charge in [0.25, 0.3) is 0 Å². The average molecular weight is 322 g/mol. The molecule has 0 heteroatoms. The van der Waals surface area contributed by atoms with Crippen molar-refractivity contribution in [3.63, 3.8) is 0 Å². The van der Waals surface area contributed by atoms with E-state index in [9.17, 15) is 0 Å². The molecule has 0 aliphatic carbocycles. The fourth-order valence-corrected chi connectivity index (χ4v) is 3.62. The number of benzene rings is 4. The highest BCUT2D eigenvalue weighted by Gasteiger charge is 2.10. The molecule has 0 aliphatic rings. The smallest absolute Gasteiger partial charge is 0.00196 e. The van der Waals surface area contributed by atoms with Gasteiger partial charge < -0.3 is 0 Å². The van der Waals surface area contributed by atoms with Crippen LogP contribution in [0.2, 0.25) is 0 Å². The molecule has 0 fully saturated rings. The minimum Gasteiger partial charge on any atom is -0.0619 e. The maximum absolute atomic E-state index is 2.26. The zero-order valence-electron chi connectivity index (χ0n) is 14.8. The number of aryl methyl sites for hydroxylation is 2. The molecule has 0 unspecified atom stereocenters. The third-order valence-electron chi connectivity index (χ3n) is 4.94. The lowest BCUT2D eigenvalue weighted by molar-refractivity contribution is 1.19. The molecule has 4 rings (SSSR count). The van der Waals surface area contributed by atoms with Gasteiger partial charge in [-0.2, -0.15) is 0 Å². The molecule has 0 spiro atoms. The van der Waals surface area contributed by atoms with Crippen LogP contribution in [-0.4, -0.2) is 0 Å². The van der Waals surface area contributed by atoms with Crippen molar-refractivity contribution in [1.29, 1.82) is 0 Å². The first-order valence-corrected chi connectivity index (χ1v) is 8.84. The summed E-state index contributed by atoms with van der Waals surface area (Å²) in [4.78, 5) is 0. The Bertz CT molecular complexity index is 1020. The monoisotopic (exact) mass is 322 g/mol. The highest BCUT2D eigenvalue weighted by atomic mass is 14.1. The Balaban J connectivity index is 1.86. The molecule has 0 amide bonds. The van der Waals surface area contributed by atoms with Gasteiger partial charge in [0.05, 0.1) is 0 Å². The summed E-state index contributed by atoms with van der Waals surface area (Å²) < 4.78 is 0. The minimum atomic E-state index is 0.957. The zero-order valence-corrected chi connectivity index (χ0v) is 14.8. The summed E-state index contributed by atoms with van der Waals surface area (Å²) in [6.07, 6.45) is 0.957. The lowest BCUT2D eigenvalue weighted by Crippen LogP contribution is -1.94. The summed E-state index contributed by atoms with van der Waals surface area (Å²) in [5, 5.41) is 2.67. The van der Waals surface area contributed by atoms with E-state index in [1.807, 2.05) is 0 Å². The van der Waals surface area contributed by atoms with Gasteiger partial charge in [-0.25, -0.2) is 0 Å². The van der Waals surface area contributed by atoms with Crippen molar-refractivity contribution in [1.82, 2.24) is 0 Å². The molecule has 4 aromatic carbocycles. The van der Waals surface area contributed by atoms with Crippen LogP contribution in [0.5, 0.6) is 0 Å². The molecule has 0 atom stereocenters. The first kappa shape index (κ1) is 15.7. The zero-order chi connectivity index (χ0) is 17.2. The van der Waals surface area contributed by atoms with Gasteiger partial charge in [-0.15, -0.1) is 0 Å². The SMILES string of the molecule is Cc1ccc(Cc2ccccc2-c2cccc3cccc(C)c23)cc1. The molecule has 0 N–H and O–H groups in total. The van der Waals surface area contributed by atoms with Crippen molar-refractivity contribution in [2.24, 2.45) is 0 Å². The summed E-state index contributed by atoms with van der Waals surface area (Å²) in [5.74, 6) is 0. The first-order valence-electron chi connectivity index (χ1n) is 8.84. The molecule has 0 radical (unpaired) electrons. The Labute approximate surface area is 149 Å². The minimum absolute atomic E-state index is 0.957. The molecule has 122 valence electrons. The van der Waals surface area contributed by atoms with Crippen molar-refractivity contribution in [3.05, 3.63) is 107 Å². The van der Waals surface area contributed by atoms with Crippen molar-refractivity contribution in [2.45, 2.75) is 20.3 Å². The standard InChI is InChI=1S/C25H22/c1-18-13-15-20(16-14-18)17-22-8-3-4-11-23(22)24-12-6-10-21-9-5-7-19(2)25(21)24/h3-16H,17H2,1-2H3. The van der Waals surface area contributed by atoms with Gasteiger partial charge in [-0.05, 0) is 58.9 Å². The molecule has 0 saturated carbocycles. The van der Waals surface area contributed by atoms with Crippen LogP contribution < -0.4 is 0 Å².